The van der Waals surface area contributed by atoms with Crippen LogP contribution in [0, 0.1) is 17.8 Å². The van der Waals surface area contributed by atoms with Crippen LogP contribution in [0.3, 0.4) is 0 Å². The number of likely N-dealkylation sites (tertiary alicyclic amines) is 1. The molecule has 3 aliphatic heterocycles. The van der Waals surface area contributed by atoms with E-state index in [-0.39, 0.29) is 30.1 Å². The maximum atomic E-state index is 12.5. The summed E-state index contributed by atoms with van der Waals surface area (Å²) in [5.41, 5.74) is 0. The number of hydrogen-bond acceptors (Lipinski definition) is 4. The van der Waals surface area contributed by atoms with E-state index in [1.807, 2.05) is 9.80 Å². The van der Waals surface area contributed by atoms with E-state index in [2.05, 4.69) is 24.1 Å². The Bertz CT molecular complexity index is 440. The van der Waals surface area contributed by atoms with E-state index in [9.17, 15) is 9.59 Å². The van der Waals surface area contributed by atoms with Crippen LogP contribution < -0.4 is 5.32 Å². The minimum atomic E-state index is 0. The normalized spacial score (nSPS) is 28.9. The fourth-order valence-corrected chi connectivity index (χ4v) is 4.01. The van der Waals surface area contributed by atoms with Gasteiger partial charge in [-0.15, -0.1) is 12.4 Å². The van der Waals surface area contributed by atoms with E-state index >= 15 is 0 Å². The van der Waals surface area contributed by atoms with Crippen molar-refractivity contribution in [3.63, 3.8) is 0 Å². The van der Waals surface area contributed by atoms with Gasteiger partial charge in [-0.3, -0.25) is 14.5 Å². The Labute approximate surface area is 151 Å². The molecule has 3 heterocycles. The molecule has 3 rings (SSSR count). The third-order valence-corrected chi connectivity index (χ3v) is 5.40. The number of halogens is 1. The second-order valence-corrected chi connectivity index (χ2v) is 7.70. The molecule has 2 atom stereocenters. The van der Waals surface area contributed by atoms with Crippen molar-refractivity contribution in [2.45, 2.75) is 20.3 Å². The lowest BCUT2D eigenvalue weighted by Crippen LogP contribution is -2.57. The average Bonchev–Trinajstić information content (AvgIpc) is 2.45. The van der Waals surface area contributed by atoms with Gasteiger partial charge in [0.2, 0.25) is 11.8 Å². The van der Waals surface area contributed by atoms with Gasteiger partial charge in [-0.05, 0) is 18.3 Å². The lowest BCUT2D eigenvalue weighted by Gasteiger charge is -2.40. The number of nitrogens with zero attached hydrogens (tertiary/aromatic N) is 3. The van der Waals surface area contributed by atoms with Crippen molar-refractivity contribution in [2.24, 2.45) is 17.8 Å². The van der Waals surface area contributed by atoms with Crippen molar-refractivity contribution in [3.05, 3.63) is 0 Å². The maximum absolute atomic E-state index is 12.5. The molecule has 7 heteroatoms. The van der Waals surface area contributed by atoms with Gasteiger partial charge in [0.05, 0.1) is 12.5 Å². The predicted octanol–water partition coefficient (Wildman–Crippen LogP) is 0.276. The molecule has 3 aliphatic rings. The van der Waals surface area contributed by atoms with E-state index in [1.54, 1.807) is 0 Å². The third-order valence-electron chi connectivity index (χ3n) is 5.40. The van der Waals surface area contributed by atoms with Gasteiger partial charge in [-0.2, -0.15) is 0 Å². The van der Waals surface area contributed by atoms with E-state index in [1.165, 1.54) is 6.42 Å². The summed E-state index contributed by atoms with van der Waals surface area (Å²) in [4.78, 5) is 31.0. The van der Waals surface area contributed by atoms with Gasteiger partial charge in [0, 0.05) is 52.4 Å². The molecule has 6 nitrogen and oxygen atoms in total. The van der Waals surface area contributed by atoms with Crippen LogP contribution >= 0.6 is 12.4 Å². The molecule has 2 amide bonds. The highest BCUT2D eigenvalue weighted by atomic mass is 35.5. The van der Waals surface area contributed by atoms with E-state index in [4.69, 9.17) is 0 Å². The van der Waals surface area contributed by atoms with Gasteiger partial charge in [0.1, 0.15) is 0 Å². The van der Waals surface area contributed by atoms with Crippen LogP contribution in [0.2, 0.25) is 0 Å². The Balaban J connectivity index is 0.00000208. The van der Waals surface area contributed by atoms with Crippen LogP contribution in [0.5, 0.6) is 0 Å². The number of carbonyl (C=O) groups is 2. The Morgan fingerprint density at radius 2 is 1.54 bits per heavy atom. The number of piperidine rings is 1. The van der Waals surface area contributed by atoms with Crippen LogP contribution in [0.25, 0.3) is 0 Å². The summed E-state index contributed by atoms with van der Waals surface area (Å²) in [5.74, 6) is 1.93. The zero-order chi connectivity index (χ0) is 16.4. The number of hydrogen-bond donors (Lipinski definition) is 1. The van der Waals surface area contributed by atoms with Gasteiger partial charge < -0.3 is 15.1 Å². The quantitative estimate of drug-likeness (QED) is 0.787. The molecule has 3 fully saturated rings. The van der Waals surface area contributed by atoms with Crippen LogP contribution in [0.1, 0.15) is 20.3 Å². The lowest BCUT2D eigenvalue weighted by atomic mass is 9.92. The van der Waals surface area contributed by atoms with Crippen molar-refractivity contribution in [2.75, 3.05) is 58.9 Å². The SMILES string of the molecule is CC1CC(C)CN(C(=O)CN2CCN(C(=O)C3CNC3)CC2)C1.Cl. The van der Waals surface area contributed by atoms with Gasteiger partial charge in [-0.1, -0.05) is 13.8 Å². The molecule has 0 spiro atoms. The van der Waals surface area contributed by atoms with Crippen molar-refractivity contribution in [3.8, 4) is 0 Å². The molecule has 0 radical (unpaired) electrons. The zero-order valence-electron chi connectivity index (χ0n) is 14.9. The number of nitrogens with one attached hydrogen (secondary N) is 1. The Morgan fingerprint density at radius 1 is 0.958 bits per heavy atom. The Kier molecular flexibility index (Phi) is 6.89. The van der Waals surface area contributed by atoms with Crippen LogP contribution in [0.4, 0.5) is 0 Å². The first-order chi connectivity index (χ1) is 11.0. The predicted molar refractivity (Wildman–Crippen MR) is 96.2 cm³/mol. The number of rotatable bonds is 3. The minimum absolute atomic E-state index is 0. The summed E-state index contributed by atoms with van der Waals surface area (Å²) in [5, 5.41) is 3.15. The number of amides is 2. The molecule has 24 heavy (non-hydrogen) atoms. The van der Waals surface area contributed by atoms with Crippen molar-refractivity contribution in [1.82, 2.24) is 20.0 Å². The fraction of sp³-hybridized carbons (Fsp3) is 0.882. The highest BCUT2D eigenvalue weighted by Crippen LogP contribution is 2.21. The Hall–Kier alpha value is -0.850. The molecule has 0 aromatic carbocycles. The van der Waals surface area contributed by atoms with Crippen LogP contribution in [-0.2, 0) is 9.59 Å². The molecule has 0 aromatic rings. The van der Waals surface area contributed by atoms with Crippen molar-refractivity contribution < 1.29 is 9.59 Å². The summed E-state index contributed by atoms with van der Waals surface area (Å²) >= 11 is 0. The largest absolute Gasteiger partial charge is 0.341 e. The smallest absolute Gasteiger partial charge is 0.236 e. The molecule has 0 saturated carbocycles. The second kappa shape index (κ2) is 8.50. The molecule has 0 aromatic heterocycles. The molecule has 0 aliphatic carbocycles. The summed E-state index contributed by atoms with van der Waals surface area (Å²) < 4.78 is 0. The number of carbonyl (C=O) groups excluding carboxylic acids is 2. The van der Waals surface area contributed by atoms with Gasteiger partial charge in [-0.25, -0.2) is 0 Å². The molecular formula is C17H31ClN4O2. The van der Waals surface area contributed by atoms with E-state index in [0.29, 0.717) is 18.4 Å². The summed E-state index contributed by atoms with van der Waals surface area (Å²) in [6, 6.07) is 0. The molecule has 2 unspecified atom stereocenters. The molecule has 1 N–H and O–H groups in total. The first-order valence-corrected chi connectivity index (χ1v) is 9.02. The highest BCUT2D eigenvalue weighted by molar-refractivity contribution is 5.85. The molecular weight excluding hydrogens is 328 g/mol. The van der Waals surface area contributed by atoms with Crippen molar-refractivity contribution in [1.29, 1.82) is 0 Å². The first kappa shape index (κ1) is 19.5. The topological polar surface area (TPSA) is 55.9 Å². The second-order valence-electron chi connectivity index (χ2n) is 7.70. The average molecular weight is 359 g/mol. The van der Waals surface area contributed by atoms with E-state index < -0.39 is 0 Å². The zero-order valence-corrected chi connectivity index (χ0v) is 15.7. The molecule has 138 valence electrons. The fourth-order valence-electron chi connectivity index (χ4n) is 4.01. The summed E-state index contributed by atoms with van der Waals surface area (Å²) in [7, 11) is 0. The van der Waals surface area contributed by atoms with Crippen LogP contribution in [-0.4, -0.2) is 85.4 Å². The summed E-state index contributed by atoms with van der Waals surface area (Å²) in [6.07, 6.45) is 1.22. The summed E-state index contributed by atoms with van der Waals surface area (Å²) in [6.45, 7) is 11.6. The van der Waals surface area contributed by atoms with E-state index in [0.717, 1.165) is 52.4 Å². The Morgan fingerprint density at radius 3 is 2.04 bits per heavy atom. The van der Waals surface area contributed by atoms with Crippen LogP contribution in [0.15, 0.2) is 0 Å². The molecule has 3 saturated heterocycles. The van der Waals surface area contributed by atoms with Gasteiger partial charge in [0.15, 0.2) is 0 Å². The maximum Gasteiger partial charge on any atom is 0.236 e. The van der Waals surface area contributed by atoms with Gasteiger partial charge in [0.25, 0.3) is 0 Å². The first-order valence-electron chi connectivity index (χ1n) is 9.02. The standard InChI is InChI=1S/C17H30N4O2.ClH/c1-13-7-14(2)11-21(10-13)16(22)12-19-3-5-20(6-4-19)17(23)15-8-18-9-15;/h13-15,18H,3-12H2,1-2H3;1H. The monoisotopic (exact) mass is 358 g/mol. The molecule has 0 bridgehead atoms. The van der Waals surface area contributed by atoms with Crippen molar-refractivity contribution >= 4 is 24.2 Å². The minimum Gasteiger partial charge on any atom is -0.341 e. The number of piperazine rings is 1. The van der Waals surface area contributed by atoms with Gasteiger partial charge >= 0.3 is 0 Å². The third kappa shape index (κ3) is 4.61. The lowest BCUT2D eigenvalue weighted by molar-refractivity contribution is -0.140. The highest BCUT2D eigenvalue weighted by Gasteiger charge is 2.32.